The molecule has 0 aliphatic rings. The van der Waals surface area contributed by atoms with Gasteiger partial charge in [-0.2, -0.15) is 0 Å². The summed E-state index contributed by atoms with van der Waals surface area (Å²) in [5.74, 6) is 1.23. The van der Waals surface area contributed by atoms with E-state index < -0.39 is 0 Å². The Hall–Kier alpha value is -2.01. The Kier molecular flexibility index (Phi) is 9.21. The molecule has 0 aliphatic heterocycles. The van der Waals surface area contributed by atoms with Crippen molar-refractivity contribution in [1.29, 1.82) is 0 Å². The molecule has 0 unspecified atom stereocenters. The number of nitrogens with one attached hydrogen (secondary N) is 1. The number of halogens is 1. The van der Waals surface area contributed by atoms with Gasteiger partial charge in [0.05, 0.1) is 17.3 Å². The molecule has 26 heavy (non-hydrogen) atoms. The number of aryl methyl sites for hydroxylation is 1. The van der Waals surface area contributed by atoms with E-state index in [0.29, 0.717) is 27.4 Å². The molecule has 0 bridgehead atoms. The van der Waals surface area contributed by atoms with E-state index in [9.17, 15) is 4.79 Å². The van der Waals surface area contributed by atoms with Gasteiger partial charge in [0.2, 0.25) is 0 Å². The van der Waals surface area contributed by atoms with Crippen LogP contribution in [0.1, 0.15) is 54.6 Å². The Bertz CT molecular complexity index is 713. The zero-order valence-electron chi connectivity index (χ0n) is 16.2. The van der Waals surface area contributed by atoms with Crippen molar-refractivity contribution < 1.29 is 9.53 Å². The highest BCUT2D eigenvalue weighted by Crippen LogP contribution is 2.38. The molecule has 0 aliphatic carbocycles. The van der Waals surface area contributed by atoms with Crippen molar-refractivity contribution in [3.63, 3.8) is 0 Å². The molecule has 0 aromatic heterocycles. The maximum absolute atomic E-state index is 10.8. The first kappa shape index (κ1) is 22.0. The van der Waals surface area contributed by atoms with Crippen LogP contribution in [0.4, 0.5) is 11.4 Å². The normalized spacial score (nSPS) is 10.1. The van der Waals surface area contributed by atoms with Crippen molar-refractivity contribution in [2.45, 2.75) is 40.0 Å². The fraction of sp³-hybridized carbons (Fsp3) is 0.381. The molecule has 0 saturated heterocycles. The number of hydrogen-bond donors (Lipinski definition) is 2. The Labute approximate surface area is 165 Å². The smallest absolute Gasteiger partial charge is 0.151 e. The third-order valence-corrected chi connectivity index (χ3v) is 4.82. The SMILES string of the molecule is CCCNc1c(OC)cc(C=O)c(Br)c1N.Cc1ccc(C(C)C)cc1. The maximum atomic E-state index is 10.8. The number of methoxy groups -OCH3 is 1. The largest absolute Gasteiger partial charge is 0.494 e. The van der Waals surface area contributed by atoms with E-state index in [1.807, 2.05) is 0 Å². The number of anilines is 2. The van der Waals surface area contributed by atoms with E-state index in [2.05, 4.69) is 73.2 Å². The minimum Gasteiger partial charge on any atom is -0.494 e. The maximum Gasteiger partial charge on any atom is 0.151 e. The summed E-state index contributed by atoms with van der Waals surface area (Å²) in [7, 11) is 1.55. The summed E-state index contributed by atoms with van der Waals surface area (Å²) in [4.78, 5) is 10.8. The highest BCUT2D eigenvalue weighted by Gasteiger charge is 2.14. The average Bonchev–Trinajstić information content (AvgIpc) is 2.63. The third-order valence-electron chi connectivity index (χ3n) is 3.93. The zero-order chi connectivity index (χ0) is 19.7. The molecule has 4 nitrogen and oxygen atoms in total. The van der Waals surface area contributed by atoms with Crippen LogP contribution in [0.25, 0.3) is 0 Å². The lowest BCUT2D eigenvalue weighted by Gasteiger charge is -2.15. The van der Waals surface area contributed by atoms with Crippen LogP contribution in [-0.2, 0) is 0 Å². The Morgan fingerprint density at radius 2 is 1.88 bits per heavy atom. The first-order valence-electron chi connectivity index (χ1n) is 8.77. The second-order valence-electron chi connectivity index (χ2n) is 6.38. The van der Waals surface area contributed by atoms with Gasteiger partial charge in [-0.05, 0) is 46.8 Å². The number of nitrogens with two attached hydrogens (primary N) is 1. The molecular formula is C21H29BrN2O2. The van der Waals surface area contributed by atoms with Crippen LogP contribution in [0.2, 0.25) is 0 Å². The first-order valence-corrected chi connectivity index (χ1v) is 9.56. The molecule has 0 fully saturated rings. The third kappa shape index (κ3) is 6.06. The van der Waals surface area contributed by atoms with Gasteiger partial charge in [0.1, 0.15) is 11.4 Å². The van der Waals surface area contributed by atoms with Crippen LogP contribution in [-0.4, -0.2) is 19.9 Å². The van der Waals surface area contributed by atoms with Crippen LogP contribution >= 0.6 is 15.9 Å². The van der Waals surface area contributed by atoms with Gasteiger partial charge in [0, 0.05) is 12.1 Å². The topological polar surface area (TPSA) is 64.3 Å². The number of carbonyl (C=O) groups is 1. The van der Waals surface area contributed by atoms with Crippen molar-refractivity contribution in [3.05, 3.63) is 51.5 Å². The molecule has 0 heterocycles. The van der Waals surface area contributed by atoms with E-state index in [-0.39, 0.29) is 0 Å². The standard InChI is InChI=1S/C11H15BrN2O2.C10H14/c1-3-4-14-11-8(16-2)5-7(6-15)9(12)10(11)13;1-8(2)10-6-4-9(3)5-7-10/h5-6,14H,3-4,13H2,1-2H3;4-8H,1-3H3. The first-order chi connectivity index (χ1) is 12.3. The van der Waals surface area contributed by atoms with Gasteiger partial charge < -0.3 is 15.8 Å². The lowest BCUT2D eigenvalue weighted by Crippen LogP contribution is -2.07. The summed E-state index contributed by atoms with van der Waals surface area (Å²) in [5, 5.41) is 3.18. The molecule has 0 atom stereocenters. The Morgan fingerprint density at radius 3 is 2.35 bits per heavy atom. The number of aldehydes is 1. The zero-order valence-corrected chi connectivity index (χ0v) is 17.8. The van der Waals surface area contributed by atoms with Crippen LogP contribution < -0.4 is 15.8 Å². The summed E-state index contributed by atoms with van der Waals surface area (Å²) in [6.45, 7) is 9.40. The second kappa shape index (κ2) is 10.9. The van der Waals surface area contributed by atoms with E-state index in [1.165, 1.54) is 11.1 Å². The molecule has 0 amide bonds. The molecule has 0 radical (unpaired) electrons. The number of benzene rings is 2. The predicted octanol–water partition coefficient (Wildman–Crippen LogP) is 5.79. The van der Waals surface area contributed by atoms with Gasteiger partial charge in [0.25, 0.3) is 0 Å². The summed E-state index contributed by atoms with van der Waals surface area (Å²) >= 11 is 3.29. The highest BCUT2D eigenvalue weighted by atomic mass is 79.9. The molecule has 0 saturated carbocycles. The lowest BCUT2D eigenvalue weighted by molar-refractivity contribution is 0.112. The second-order valence-corrected chi connectivity index (χ2v) is 7.17. The number of rotatable bonds is 6. The number of ether oxygens (including phenoxy) is 1. The predicted molar refractivity (Wildman–Crippen MR) is 115 cm³/mol. The van der Waals surface area contributed by atoms with Crippen LogP contribution in [0.15, 0.2) is 34.8 Å². The molecule has 2 rings (SSSR count). The summed E-state index contributed by atoms with van der Waals surface area (Å²) in [6, 6.07) is 10.4. The van der Waals surface area contributed by atoms with Gasteiger partial charge >= 0.3 is 0 Å². The summed E-state index contributed by atoms with van der Waals surface area (Å²) < 4.78 is 5.80. The molecule has 0 spiro atoms. The van der Waals surface area contributed by atoms with Gasteiger partial charge in [0.15, 0.2) is 6.29 Å². The molecule has 5 heteroatoms. The average molecular weight is 421 g/mol. The van der Waals surface area contributed by atoms with E-state index in [0.717, 1.165) is 24.9 Å². The van der Waals surface area contributed by atoms with Crippen molar-refractivity contribution in [1.82, 2.24) is 0 Å². The van der Waals surface area contributed by atoms with Crippen molar-refractivity contribution in [2.75, 3.05) is 24.7 Å². The van der Waals surface area contributed by atoms with Gasteiger partial charge in [-0.15, -0.1) is 0 Å². The molecular weight excluding hydrogens is 392 g/mol. The quantitative estimate of drug-likeness (QED) is 0.458. The number of nitrogen functional groups attached to an aromatic ring is 1. The molecule has 142 valence electrons. The van der Waals surface area contributed by atoms with Crippen molar-refractivity contribution in [3.8, 4) is 5.75 Å². The van der Waals surface area contributed by atoms with Crippen LogP contribution in [0.3, 0.4) is 0 Å². The summed E-state index contributed by atoms with van der Waals surface area (Å²) in [6.07, 6.45) is 1.72. The Balaban J connectivity index is 0.000000289. The van der Waals surface area contributed by atoms with Gasteiger partial charge in [-0.3, -0.25) is 4.79 Å². The van der Waals surface area contributed by atoms with E-state index >= 15 is 0 Å². The number of hydrogen-bond acceptors (Lipinski definition) is 4. The molecule has 2 aromatic carbocycles. The monoisotopic (exact) mass is 420 g/mol. The van der Waals surface area contributed by atoms with Crippen molar-refractivity contribution in [2.24, 2.45) is 0 Å². The molecule has 3 N–H and O–H groups in total. The van der Waals surface area contributed by atoms with Gasteiger partial charge in [-0.25, -0.2) is 0 Å². The Morgan fingerprint density at radius 1 is 1.27 bits per heavy atom. The molecule has 2 aromatic rings. The minimum atomic E-state index is 0.483. The van der Waals surface area contributed by atoms with Crippen LogP contribution in [0.5, 0.6) is 5.75 Å². The highest BCUT2D eigenvalue weighted by molar-refractivity contribution is 9.10. The van der Waals surface area contributed by atoms with E-state index in [4.69, 9.17) is 10.5 Å². The lowest BCUT2D eigenvalue weighted by atomic mass is 10.0. The number of carbonyl (C=O) groups excluding carboxylic acids is 1. The van der Waals surface area contributed by atoms with Crippen LogP contribution in [0, 0.1) is 6.92 Å². The van der Waals surface area contributed by atoms with Gasteiger partial charge in [-0.1, -0.05) is 50.6 Å². The van der Waals surface area contributed by atoms with E-state index in [1.54, 1.807) is 13.2 Å². The minimum absolute atomic E-state index is 0.483. The van der Waals surface area contributed by atoms with Crippen molar-refractivity contribution >= 4 is 33.6 Å². The fourth-order valence-electron chi connectivity index (χ4n) is 2.31. The summed E-state index contributed by atoms with van der Waals surface area (Å²) in [5.41, 5.74) is 10.4. The fourth-order valence-corrected chi connectivity index (χ4v) is 2.71.